The fourth-order valence-electron chi connectivity index (χ4n) is 3.62. The second kappa shape index (κ2) is 10.8. The minimum Gasteiger partial charge on any atom is -0.489 e. The summed E-state index contributed by atoms with van der Waals surface area (Å²) in [6.07, 6.45) is 7.63. The van der Waals surface area contributed by atoms with Gasteiger partial charge in [-0.1, -0.05) is 19.8 Å². The summed E-state index contributed by atoms with van der Waals surface area (Å²) in [7, 11) is 1.71. The summed E-state index contributed by atoms with van der Waals surface area (Å²) < 4.78 is 25.6. The predicted molar refractivity (Wildman–Crippen MR) is 117 cm³/mol. The lowest BCUT2D eigenvalue weighted by atomic mass is 9.98. The molecule has 0 radical (unpaired) electrons. The topological polar surface area (TPSA) is 51.7 Å². The molecule has 0 saturated heterocycles. The summed E-state index contributed by atoms with van der Waals surface area (Å²) in [5.41, 5.74) is 2.08. The molecule has 0 N–H and O–H groups in total. The Balaban J connectivity index is 1.68. The molecule has 1 amide bonds. The third kappa shape index (κ3) is 5.94. The average Bonchev–Trinajstić information content (AvgIpc) is 3.13. The lowest BCUT2D eigenvalue weighted by molar-refractivity contribution is 0.104. The van der Waals surface area contributed by atoms with Gasteiger partial charge in [0.15, 0.2) is 5.13 Å². The van der Waals surface area contributed by atoms with Crippen LogP contribution in [0, 0.1) is 12.1 Å². The zero-order chi connectivity index (χ0) is 21.5. The average molecular weight is 435 g/mol. The number of hydrogen-bond donors (Lipinski definition) is 0. The molecule has 164 valence electrons. The van der Waals surface area contributed by atoms with Crippen molar-refractivity contribution in [1.82, 2.24) is 9.88 Å². The number of unbranched alkanes of at least 4 members (excludes halogenated alkanes) is 1. The normalized spacial score (nSPS) is 14.5. The number of aromatic nitrogens is 1. The highest BCUT2D eigenvalue weighted by molar-refractivity contribution is 7.14. The minimum absolute atomic E-state index is 0.0199. The van der Waals surface area contributed by atoms with Crippen molar-refractivity contribution < 1.29 is 18.7 Å². The summed E-state index contributed by atoms with van der Waals surface area (Å²) in [5, 5.41) is -0.322. The van der Waals surface area contributed by atoms with Gasteiger partial charge in [0, 0.05) is 19.2 Å². The maximum Gasteiger partial charge on any atom is 0.409 e. The maximum atomic E-state index is 14.0. The molecule has 1 fully saturated rings. The number of carbonyl (C=O) groups is 1. The molecular weight excluding hydrogens is 403 g/mol. The summed E-state index contributed by atoms with van der Waals surface area (Å²) in [6.45, 7) is 4.64. The van der Waals surface area contributed by atoms with Crippen molar-refractivity contribution in [3.63, 3.8) is 0 Å². The van der Waals surface area contributed by atoms with Crippen molar-refractivity contribution in [2.45, 2.75) is 71.5 Å². The van der Waals surface area contributed by atoms with Crippen LogP contribution in [0.1, 0.15) is 63.1 Å². The van der Waals surface area contributed by atoms with Crippen LogP contribution >= 0.6 is 11.3 Å². The molecule has 7 heteroatoms. The van der Waals surface area contributed by atoms with Gasteiger partial charge in [0.1, 0.15) is 12.4 Å². The van der Waals surface area contributed by atoms with Gasteiger partial charge in [0.2, 0.25) is 0 Å². The number of rotatable bonds is 8. The molecule has 0 aromatic carbocycles. The first-order valence-electron chi connectivity index (χ1n) is 10.8. The number of amides is 1. The summed E-state index contributed by atoms with van der Waals surface area (Å²) in [5.74, 6) is 0.785. The Labute approximate surface area is 182 Å². The summed E-state index contributed by atoms with van der Waals surface area (Å²) in [4.78, 5) is 19.0. The molecule has 2 aromatic rings. The second-order valence-electron chi connectivity index (χ2n) is 7.89. The molecule has 2 heterocycles. The quantitative estimate of drug-likeness (QED) is 0.487. The van der Waals surface area contributed by atoms with Gasteiger partial charge in [-0.25, -0.2) is 9.78 Å². The van der Waals surface area contributed by atoms with Crippen molar-refractivity contribution >= 4 is 17.4 Å². The molecule has 0 aliphatic heterocycles. The minimum atomic E-state index is -0.402. The zero-order valence-electron chi connectivity index (χ0n) is 18.1. The van der Waals surface area contributed by atoms with Gasteiger partial charge >= 0.3 is 6.09 Å². The van der Waals surface area contributed by atoms with E-state index in [1.807, 2.05) is 19.1 Å². The maximum absolute atomic E-state index is 14.0. The third-order valence-electron chi connectivity index (χ3n) is 5.40. The van der Waals surface area contributed by atoms with E-state index >= 15 is 0 Å². The molecule has 1 saturated carbocycles. The molecular formula is C23H31FN2O3S. The van der Waals surface area contributed by atoms with E-state index in [1.165, 1.54) is 25.3 Å². The molecule has 0 spiro atoms. The summed E-state index contributed by atoms with van der Waals surface area (Å²) in [6, 6.07) is 5.19. The Morgan fingerprint density at radius 1 is 1.30 bits per heavy atom. The number of ether oxygens (including phenoxy) is 2. The number of pyridine rings is 1. The molecule has 1 aliphatic rings. The van der Waals surface area contributed by atoms with E-state index in [2.05, 4.69) is 11.9 Å². The van der Waals surface area contributed by atoms with Gasteiger partial charge in [-0.15, -0.1) is 11.3 Å². The third-order valence-corrected chi connectivity index (χ3v) is 6.39. The van der Waals surface area contributed by atoms with E-state index in [9.17, 15) is 9.18 Å². The van der Waals surface area contributed by atoms with Gasteiger partial charge in [0.05, 0.1) is 22.4 Å². The van der Waals surface area contributed by atoms with Gasteiger partial charge in [-0.2, -0.15) is 4.39 Å². The lowest BCUT2D eigenvalue weighted by Gasteiger charge is -2.23. The smallest absolute Gasteiger partial charge is 0.409 e. The number of thiophene rings is 1. The number of carbonyl (C=O) groups excluding carboxylic acids is 1. The van der Waals surface area contributed by atoms with Crippen molar-refractivity contribution in [3.05, 3.63) is 34.6 Å². The van der Waals surface area contributed by atoms with E-state index in [0.717, 1.165) is 48.5 Å². The fraction of sp³-hybridized carbons (Fsp3) is 0.565. The first kappa shape index (κ1) is 22.5. The fourth-order valence-corrected chi connectivity index (χ4v) is 4.48. The first-order chi connectivity index (χ1) is 14.5. The summed E-state index contributed by atoms with van der Waals surface area (Å²) >= 11 is 1.02. The Morgan fingerprint density at radius 2 is 2.07 bits per heavy atom. The van der Waals surface area contributed by atoms with Crippen LogP contribution in [0.15, 0.2) is 18.2 Å². The Kier molecular flexibility index (Phi) is 8.08. The molecule has 0 bridgehead atoms. The van der Waals surface area contributed by atoms with Crippen LogP contribution in [0.25, 0.3) is 10.6 Å². The van der Waals surface area contributed by atoms with Crippen LogP contribution in [0.5, 0.6) is 5.75 Å². The number of aryl methyl sites for hydroxylation is 1. The van der Waals surface area contributed by atoms with Gasteiger partial charge in [-0.3, -0.25) is 0 Å². The van der Waals surface area contributed by atoms with E-state index in [4.69, 9.17) is 9.47 Å². The van der Waals surface area contributed by atoms with Crippen molar-refractivity contribution in [2.24, 2.45) is 0 Å². The van der Waals surface area contributed by atoms with Crippen LogP contribution < -0.4 is 4.74 Å². The molecule has 2 aromatic heterocycles. The Morgan fingerprint density at radius 3 is 2.77 bits per heavy atom. The molecule has 30 heavy (non-hydrogen) atoms. The van der Waals surface area contributed by atoms with Crippen LogP contribution in [0.2, 0.25) is 0 Å². The highest BCUT2D eigenvalue weighted by Crippen LogP contribution is 2.34. The van der Waals surface area contributed by atoms with Crippen molar-refractivity contribution in [3.8, 4) is 16.3 Å². The molecule has 3 rings (SSSR count). The Bertz CT molecular complexity index is 849. The van der Waals surface area contributed by atoms with Gasteiger partial charge in [0.25, 0.3) is 0 Å². The number of halogens is 1. The van der Waals surface area contributed by atoms with E-state index < -0.39 is 6.09 Å². The molecule has 1 aliphatic carbocycles. The van der Waals surface area contributed by atoms with E-state index in [-0.39, 0.29) is 17.8 Å². The molecule has 0 unspecified atom stereocenters. The largest absolute Gasteiger partial charge is 0.489 e. The highest BCUT2D eigenvalue weighted by Gasteiger charge is 2.19. The first-order valence-corrected chi connectivity index (χ1v) is 11.6. The second-order valence-corrected chi connectivity index (χ2v) is 8.89. The number of hydrogen-bond acceptors (Lipinski definition) is 5. The van der Waals surface area contributed by atoms with Crippen LogP contribution in [-0.4, -0.2) is 35.7 Å². The van der Waals surface area contributed by atoms with Crippen LogP contribution in [0.4, 0.5) is 9.18 Å². The molecule has 5 nitrogen and oxygen atoms in total. The SMILES string of the molecule is CCCCN(C)C(=O)OCc1cc(F)sc1-c1ccc(OC2CCCCC2)c(C)n1. The highest BCUT2D eigenvalue weighted by atomic mass is 32.1. The van der Waals surface area contributed by atoms with Crippen LogP contribution in [0.3, 0.4) is 0 Å². The standard InChI is InChI=1S/C23H31FN2O3S/c1-4-5-13-26(3)23(27)28-15-17-14-21(24)30-22(17)19-11-12-20(16(2)25-19)29-18-9-7-6-8-10-18/h11-12,14,18H,4-10,13,15H2,1-3H3. The monoisotopic (exact) mass is 434 g/mol. The lowest BCUT2D eigenvalue weighted by Crippen LogP contribution is -2.28. The van der Waals surface area contributed by atoms with Gasteiger partial charge < -0.3 is 14.4 Å². The van der Waals surface area contributed by atoms with E-state index in [1.54, 1.807) is 11.9 Å². The van der Waals surface area contributed by atoms with Crippen LogP contribution in [-0.2, 0) is 11.3 Å². The van der Waals surface area contributed by atoms with Gasteiger partial charge in [-0.05, 0) is 57.2 Å². The number of nitrogens with zero attached hydrogens (tertiary/aromatic N) is 2. The van der Waals surface area contributed by atoms with Crippen molar-refractivity contribution in [2.75, 3.05) is 13.6 Å². The van der Waals surface area contributed by atoms with E-state index in [0.29, 0.717) is 22.7 Å². The van der Waals surface area contributed by atoms with Crippen molar-refractivity contribution in [1.29, 1.82) is 0 Å². The zero-order valence-corrected chi connectivity index (χ0v) is 18.9. The molecule has 0 atom stereocenters. The predicted octanol–water partition coefficient (Wildman–Crippen LogP) is 6.34. The Hall–Kier alpha value is -2.15.